The van der Waals surface area contributed by atoms with Gasteiger partial charge in [0.2, 0.25) is 0 Å². The summed E-state index contributed by atoms with van der Waals surface area (Å²) < 4.78 is 4.68. The van der Waals surface area contributed by atoms with E-state index < -0.39 is 4.92 Å². The van der Waals surface area contributed by atoms with Crippen LogP contribution in [-0.4, -0.2) is 42.2 Å². The summed E-state index contributed by atoms with van der Waals surface area (Å²) in [6, 6.07) is 5.06. The molecule has 0 aromatic heterocycles. The molecule has 1 aromatic rings. The standard InChI is InChI=1S/C13H17N3O4/c1-9-7-10(3-4-12(9)16(18)19)14-11-5-6-15(8-11)13(17)20-2/h3-4,7,11,14H,5-6,8H2,1-2H3/t11-/m0/s1. The first-order chi connectivity index (χ1) is 9.51. The minimum absolute atomic E-state index is 0.109. The molecule has 0 saturated carbocycles. The zero-order chi connectivity index (χ0) is 14.7. The molecule has 0 spiro atoms. The molecule has 1 aliphatic rings. The molecule has 0 unspecified atom stereocenters. The Morgan fingerprint density at radius 1 is 1.55 bits per heavy atom. The van der Waals surface area contributed by atoms with E-state index in [2.05, 4.69) is 10.1 Å². The number of carbonyl (C=O) groups excluding carboxylic acids is 1. The van der Waals surface area contributed by atoms with Crippen molar-refractivity contribution >= 4 is 17.5 Å². The molecule has 1 saturated heterocycles. The van der Waals surface area contributed by atoms with E-state index >= 15 is 0 Å². The number of anilines is 1. The predicted octanol–water partition coefficient (Wildman–Crippen LogP) is 2.16. The van der Waals surface area contributed by atoms with Crippen LogP contribution in [0.1, 0.15) is 12.0 Å². The lowest BCUT2D eigenvalue weighted by molar-refractivity contribution is -0.385. The highest BCUT2D eigenvalue weighted by molar-refractivity contribution is 5.68. The van der Waals surface area contributed by atoms with Crippen molar-refractivity contribution in [3.05, 3.63) is 33.9 Å². The van der Waals surface area contributed by atoms with Gasteiger partial charge in [-0.2, -0.15) is 0 Å². The number of hydrogen-bond acceptors (Lipinski definition) is 5. The summed E-state index contributed by atoms with van der Waals surface area (Å²) >= 11 is 0. The quantitative estimate of drug-likeness (QED) is 0.677. The lowest BCUT2D eigenvalue weighted by Gasteiger charge is -2.16. The van der Waals surface area contributed by atoms with Gasteiger partial charge in [0.25, 0.3) is 5.69 Å². The first-order valence-electron chi connectivity index (χ1n) is 6.35. The van der Waals surface area contributed by atoms with Gasteiger partial charge in [-0.05, 0) is 25.5 Å². The fourth-order valence-electron chi connectivity index (χ4n) is 2.36. The molecule has 1 N–H and O–H groups in total. The maximum atomic E-state index is 11.4. The summed E-state index contributed by atoms with van der Waals surface area (Å²) in [5.74, 6) is 0. The summed E-state index contributed by atoms with van der Waals surface area (Å²) in [4.78, 5) is 23.4. The third-order valence-corrected chi connectivity index (χ3v) is 3.39. The van der Waals surface area contributed by atoms with Gasteiger partial charge in [-0.25, -0.2) is 4.79 Å². The number of rotatable bonds is 3. The van der Waals surface area contributed by atoms with Crippen LogP contribution in [0.15, 0.2) is 18.2 Å². The highest BCUT2D eigenvalue weighted by Gasteiger charge is 2.26. The van der Waals surface area contributed by atoms with Crippen molar-refractivity contribution in [3.8, 4) is 0 Å². The summed E-state index contributed by atoms with van der Waals surface area (Å²) in [5, 5.41) is 14.0. The molecule has 1 amide bonds. The highest BCUT2D eigenvalue weighted by Crippen LogP contribution is 2.23. The zero-order valence-electron chi connectivity index (χ0n) is 11.5. The van der Waals surface area contributed by atoms with Crippen molar-refractivity contribution in [1.29, 1.82) is 0 Å². The number of nitro benzene ring substituents is 1. The fourth-order valence-corrected chi connectivity index (χ4v) is 2.36. The second-order valence-electron chi connectivity index (χ2n) is 4.80. The first kappa shape index (κ1) is 14.1. The lowest BCUT2D eigenvalue weighted by Crippen LogP contribution is -2.31. The number of likely N-dealkylation sites (tertiary alicyclic amines) is 1. The largest absolute Gasteiger partial charge is 0.453 e. The van der Waals surface area contributed by atoms with Gasteiger partial charge in [-0.1, -0.05) is 0 Å². The Balaban J connectivity index is 2.00. The fraction of sp³-hybridized carbons (Fsp3) is 0.462. The van der Waals surface area contributed by atoms with E-state index in [-0.39, 0.29) is 17.8 Å². The molecular formula is C13H17N3O4. The van der Waals surface area contributed by atoms with E-state index in [0.717, 1.165) is 12.1 Å². The Bertz CT molecular complexity index is 532. The van der Waals surface area contributed by atoms with Crippen LogP contribution in [0.25, 0.3) is 0 Å². The average molecular weight is 279 g/mol. The van der Waals surface area contributed by atoms with Crippen molar-refractivity contribution in [2.45, 2.75) is 19.4 Å². The third-order valence-electron chi connectivity index (χ3n) is 3.39. The number of nitrogens with one attached hydrogen (secondary N) is 1. The molecule has 0 radical (unpaired) electrons. The SMILES string of the molecule is COC(=O)N1CC[C@H](Nc2ccc([N+](=O)[O-])c(C)c2)C1. The van der Waals surface area contributed by atoms with Crippen molar-refractivity contribution in [2.75, 3.05) is 25.5 Å². The molecule has 20 heavy (non-hydrogen) atoms. The summed E-state index contributed by atoms with van der Waals surface area (Å²) in [6.45, 7) is 2.93. The lowest BCUT2D eigenvalue weighted by atomic mass is 10.1. The van der Waals surface area contributed by atoms with Gasteiger partial charge >= 0.3 is 6.09 Å². The van der Waals surface area contributed by atoms with E-state index in [4.69, 9.17) is 0 Å². The number of hydrogen-bond donors (Lipinski definition) is 1. The molecule has 7 nitrogen and oxygen atoms in total. The van der Waals surface area contributed by atoms with E-state index in [1.807, 2.05) is 0 Å². The number of ether oxygens (including phenoxy) is 1. The Hall–Kier alpha value is -2.31. The summed E-state index contributed by atoms with van der Waals surface area (Å²) in [7, 11) is 1.36. The van der Waals surface area contributed by atoms with Crippen LogP contribution in [0.4, 0.5) is 16.2 Å². The van der Waals surface area contributed by atoms with E-state index in [9.17, 15) is 14.9 Å². The number of benzene rings is 1. The minimum Gasteiger partial charge on any atom is -0.453 e. The Kier molecular flexibility index (Phi) is 4.07. The number of nitro groups is 1. The highest BCUT2D eigenvalue weighted by atomic mass is 16.6. The topological polar surface area (TPSA) is 84.7 Å². The molecule has 7 heteroatoms. The number of carbonyl (C=O) groups is 1. The van der Waals surface area contributed by atoms with Crippen LogP contribution >= 0.6 is 0 Å². The van der Waals surface area contributed by atoms with Gasteiger partial charge in [-0.3, -0.25) is 10.1 Å². The van der Waals surface area contributed by atoms with Crippen LogP contribution in [0.5, 0.6) is 0 Å². The molecule has 1 aromatic carbocycles. The van der Waals surface area contributed by atoms with Crippen LogP contribution in [-0.2, 0) is 4.74 Å². The number of methoxy groups -OCH3 is 1. The molecule has 1 heterocycles. The maximum absolute atomic E-state index is 11.4. The van der Waals surface area contributed by atoms with Gasteiger partial charge in [0.1, 0.15) is 0 Å². The second kappa shape index (κ2) is 5.77. The van der Waals surface area contributed by atoms with Gasteiger partial charge in [0, 0.05) is 36.4 Å². The number of nitrogens with zero attached hydrogens (tertiary/aromatic N) is 2. The minimum atomic E-state index is -0.395. The van der Waals surface area contributed by atoms with Crippen molar-refractivity contribution in [2.24, 2.45) is 0 Å². The maximum Gasteiger partial charge on any atom is 0.409 e. The van der Waals surface area contributed by atoms with Crippen molar-refractivity contribution < 1.29 is 14.5 Å². The molecule has 2 rings (SSSR count). The molecule has 0 aliphatic carbocycles. The van der Waals surface area contributed by atoms with Gasteiger partial charge in [-0.15, -0.1) is 0 Å². The molecule has 1 aliphatic heterocycles. The molecule has 1 atom stereocenters. The van der Waals surface area contributed by atoms with Gasteiger partial charge < -0.3 is 15.0 Å². The van der Waals surface area contributed by atoms with Crippen LogP contribution in [0, 0.1) is 17.0 Å². The van der Waals surface area contributed by atoms with E-state index in [0.29, 0.717) is 18.7 Å². The predicted molar refractivity (Wildman–Crippen MR) is 73.8 cm³/mol. The summed E-state index contributed by atoms with van der Waals surface area (Å²) in [6.07, 6.45) is 0.500. The summed E-state index contributed by atoms with van der Waals surface area (Å²) in [5.41, 5.74) is 1.55. The van der Waals surface area contributed by atoms with Crippen molar-refractivity contribution in [1.82, 2.24) is 4.90 Å². The molecule has 1 fully saturated rings. The van der Waals surface area contributed by atoms with E-state index in [1.54, 1.807) is 24.0 Å². The monoisotopic (exact) mass is 279 g/mol. The van der Waals surface area contributed by atoms with Crippen LogP contribution in [0.3, 0.4) is 0 Å². The Morgan fingerprint density at radius 2 is 2.30 bits per heavy atom. The smallest absolute Gasteiger partial charge is 0.409 e. The van der Waals surface area contributed by atoms with Crippen molar-refractivity contribution in [3.63, 3.8) is 0 Å². The normalized spacial score (nSPS) is 17.9. The van der Waals surface area contributed by atoms with E-state index in [1.165, 1.54) is 13.2 Å². The molecule has 108 valence electrons. The zero-order valence-corrected chi connectivity index (χ0v) is 11.5. The Labute approximate surface area is 116 Å². The first-order valence-corrected chi connectivity index (χ1v) is 6.35. The van der Waals surface area contributed by atoms with Crippen LogP contribution in [0.2, 0.25) is 0 Å². The number of amides is 1. The second-order valence-corrected chi connectivity index (χ2v) is 4.80. The Morgan fingerprint density at radius 3 is 2.90 bits per heavy atom. The average Bonchev–Trinajstić information content (AvgIpc) is 2.86. The third kappa shape index (κ3) is 2.98. The molecule has 0 bridgehead atoms. The van der Waals surface area contributed by atoms with Crippen LogP contribution < -0.4 is 5.32 Å². The molecular weight excluding hydrogens is 262 g/mol. The van der Waals surface area contributed by atoms with Gasteiger partial charge in [0.05, 0.1) is 12.0 Å². The number of aryl methyl sites for hydroxylation is 1. The van der Waals surface area contributed by atoms with Gasteiger partial charge in [0.15, 0.2) is 0 Å².